The maximum Gasteiger partial charge on any atom is 0.306 e. The number of allylic oxidation sites excluding steroid dienone is 8. The van der Waals surface area contributed by atoms with Crippen molar-refractivity contribution in [3.05, 3.63) is 48.6 Å². The zero-order chi connectivity index (χ0) is 58.5. The molecule has 0 fully saturated rings. The SMILES string of the molecule is CCCCCC/C=C\C/C=C\CCCCCCCCCC(=O)OCC(COC(=O)CCCCCCCCCCCCCCCCCCCCCCCCCCCCC)OC(=O)CCCCCCCCC/C=C\C/C=C\CCCCCC. The van der Waals surface area contributed by atoms with Gasteiger partial charge in [-0.25, -0.2) is 0 Å². The first-order valence-electron chi connectivity index (χ1n) is 36.1. The van der Waals surface area contributed by atoms with Gasteiger partial charge in [0.15, 0.2) is 6.10 Å². The fourth-order valence-corrected chi connectivity index (χ4v) is 10.9. The molecule has 81 heavy (non-hydrogen) atoms. The highest BCUT2D eigenvalue weighted by Gasteiger charge is 2.19. The minimum atomic E-state index is -0.781. The van der Waals surface area contributed by atoms with Gasteiger partial charge in [0.25, 0.3) is 0 Å². The predicted octanol–water partition coefficient (Wildman–Crippen LogP) is 24.9. The van der Waals surface area contributed by atoms with Crippen LogP contribution in [0.25, 0.3) is 0 Å². The van der Waals surface area contributed by atoms with Crippen molar-refractivity contribution in [3.8, 4) is 0 Å². The van der Waals surface area contributed by atoms with Gasteiger partial charge in [-0.1, -0.05) is 339 Å². The smallest absolute Gasteiger partial charge is 0.306 e. The average molecular weight is 1140 g/mol. The number of unbranched alkanes of at least 4 members (excludes halogenated alkanes) is 48. The Morgan fingerprint density at radius 1 is 0.247 bits per heavy atom. The molecule has 0 rings (SSSR count). The van der Waals surface area contributed by atoms with E-state index in [-0.39, 0.29) is 31.1 Å². The number of rotatable bonds is 67. The maximum atomic E-state index is 13.0. The van der Waals surface area contributed by atoms with Crippen LogP contribution in [0.4, 0.5) is 0 Å². The van der Waals surface area contributed by atoms with E-state index >= 15 is 0 Å². The van der Waals surface area contributed by atoms with Crippen molar-refractivity contribution in [2.45, 2.75) is 399 Å². The molecule has 0 aromatic carbocycles. The molecule has 0 aliphatic carbocycles. The minimum absolute atomic E-state index is 0.0750. The third-order valence-electron chi connectivity index (χ3n) is 16.3. The number of carbonyl (C=O) groups excluding carboxylic acids is 3. The lowest BCUT2D eigenvalue weighted by molar-refractivity contribution is -0.167. The quantitative estimate of drug-likeness (QED) is 0.0261. The van der Waals surface area contributed by atoms with Crippen LogP contribution in [0.2, 0.25) is 0 Å². The van der Waals surface area contributed by atoms with Gasteiger partial charge in [-0.05, 0) is 83.5 Å². The molecule has 0 radical (unpaired) electrons. The van der Waals surface area contributed by atoms with Crippen molar-refractivity contribution >= 4 is 17.9 Å². The molecular formula is C75H138O6. The zero-order valence-corrected chi connectivity index (χ0v) is 54.6. The lowest BCUT2D eigenvalue weighted by Crippen LogP contribution is -2.30. The first kappa shape index (κ1) is 78.4. The Kier molecular flexibility index (Phi) is 67.6. The van der Waals surface area contributed by atoms with Crippen molar-refractivity contribution in [2.24, 2.45) is 0 Å². The summed E-state index contributed by atoms with van der Waals surface area (Å²) < 4.78 is 17.0. The summed E-state index contributed by atoms with van der Waals surface area (Å²) in [6, 6.07) is 0. The third-order valence-corrected chi connectivity index (χ3v) is 16.3. The summed E-state index contributed by atoms with van der Waals surface area (Å²) in [6.07, 6.45) is 88.6. The fraction of sp³-hybridized carbons (Fsp3) is 0.853. The van der Waals surface area contributed by atoms with E-state index in [9.17, 15) is 14.4 Å². The van der Waals surface area contributed by atoms with Crippen LogP contribution in [0, 0.1) is 0 Å². The first-order chi connectivity index (χ1) is 40.0. The highest BCUT2D eigenvalue weighted by Crippen LogP contribution is 2.18. The Hall–Kier alpha value is -2.63. The Labute approximate surface area is 505 Å². The summed E-state index contributed by atoms with van der Waals surface area (Å²) in [5.74, 6) is -0.864. The summed E-state index contributed by atoms with van der Waals surface area (Å²) in [7, 11) is 0. The van der Waals surface area contributed by atoms with E-state index in [4.69, 9.17) is 14.2 Å². The van der Waals surface area contributed by atoms with Gasteiger partial charge in [0.05, 0.1) is 0 Å². The summed E-state index contributed by atoms with van der Waals surface area (Å²) in [4.78, 5) is 38.5. The van der Waals surface area contributed by atoms with E-state index in [0.29, 0.717) is 19.3 Å². The monoisotopic (exact) mass is 1140 g/mol. The van der Waals surface area contributed by atoms with Crippen LogP contribution in [-0.2, 0) is 28.6 Å². The lowest BCUT2D eigenvalue weighted by Gasteiger charge is -2.18. The molecule has 6 heteroatoms. The second-order valence-corrected chi connectivity index (χ2v) is 24.5. The van der Waals surface area contributed by atoms with Gasteiger partial charge in [-0.15, -0.1) is 0 Å². The molecule has 0 saturated heterocycles. The van der Waals surface area contributed by atoms with E-state index in [1.807, 2.05) is 0 Å². The Morgan fingerprint density at radius 3 is 0.691 bits per heavy atom. The van der Waals surface area contributed by atoms with Crippen molar-refractivity contribution in [1.29, 1.82) is 0 Å². The molecule has 1 atom stereocenters. The number of hydrogen-bond donors (Lipinski definition) is 0. The van der Waals surface area contributed by atoms with Crippen LogP contribution in [0.5, 0.6) is 0 Å². The van der Waals surface area contributed by atoms with Gasteiger partial charge in [-0.2, -0.15) is 0 Å². The van der Waals surface area contributed by atoms with Gasteiger partial charge in [-0.3, -0.25) is 14.4 Å². The van der Waals surface area contributed by atoms with E-state index in [1.54, 1.807) is 0 Å². The Morgan fingerprint density at radius 2 is 0.444 bits per heavy atom. The Balaban J connectivity index is 4.27. The lowest BCUT2D eigenvalue weighted by atomic mass is 10.0. The molecule has 0 aliphatic heterocycles. The minimum Gasteiger partial charge on any atom is -0.462 e. The van der Waals surface area contributed by atoms with Crippen LogP contribution in [0.15, 0.2) is 48.6 Å². The van der Waals surface area contributed by atoms with Gasteiger partial charge < -0.3 is 14.2 Å². The summed E-state index contributed by atoms with van der Waals surface area (Å²) in [5.41, 5.74) is 0. The second kappa shape index (κ2) is 69.9. The van der Waals surface area contributed by atoms with E-state index in [0.717, 1.165) is 83.5 Å². The molecule has 0 spiro atoms. The Bertz CT molecular complexity index is 1400. The average Bonchev–Trinajstić information content (AvgIpc) is 3.47. The summed E-state index contributed by atoms with van der Waals surface area (Å²) >= 11 is 0. The van der Waals surface area contributed by atoms with Crippen LogP contribution in [0.1, 0.15) is 393 Å². The number of esters is 3. The van der Waals surface area contributed by atoms with Crippen molar-refractivity contribution in [3.63, 3.8) is 0 Å². The number of ether oxygens (including phenoxy) is 3. The second-order valence-electron chi connectivity index (χ2n) is 24.5. The standard InChI is InChI=1S/C75H138O6/c1-4-7-10-13-16-19-22-25-28-31-34-35-36-37-38-39-40-41-42-45-47-50-53-56-59-62-65-68-74(77)80-71-72(81-75(78)69-66-63-60-57-54-51-48-44-33-30-27-24-21-18-15-12-9-6-3)70-79-73(76)67-64-61-58-55-52-49-46-43-32-29-26-23-20-17-14-11-8-5-2/h20-21,23-24,29-30,32-33,72H,4-19,22,25-28,31,34-71H2,1-3H3/b23-20-,24-21-,32-29-,33-30-. The highest BCUT2D eigenvalue weighted by atomic mass is 16.6. The van der Waals surface area contributed by atoms with E-state index in [1.165, 1.54) is 270 Å². The molecule has 6 nitrogen and oxygen atoms in total. The molecule has 0 aliphatic rings. The third kappa shape index (κ3) is 68.0. The largest absolute Gasteiger partial charge is 0.462 e. The van der Waals surface area contributed by atoms with Crippen LogP contribution >= 0.6 is 0 Å². The van der Waals surface area contributed by atoms with Gasteiger partial charge in [0.1, 0.15) is 13.2 Å². The van der Waals surface area contributed by atoms with Gasteiger partial charge in [0.2, 0.25) is 0 Å². The predicted molar refractivity (Wildman–Crippen MR) is 353 cm³/mol. The molecular weight excluding hydrogens is 997 g/mol. The highest BCUT2D eigenvalue weighted by molar-refractivity contribution is 5.71. The molecule has 0 saturated carbocycles. The zero-order valence-electron chi connectivity index (χ0n) is 54.6. The fourth-order valence-electron chi connectivity index (χ4n) is 10.9. The molecule has 0 aromatic heterocycles. The molecule has 0 heterocycles. The topological polar surface area (TPSA) is 78.9 Å². The van der Waals surface area contributed by atoms with Crippen LogP contribution < -0.4 is 0 Å². The maximum absolute atomic E-state index is 13.0. The van der Waals surface area contributed by atoms with Crippen LogP contribution in [0.3, 0.4) is 0 Å². The van der Waals surface area contributed by atoms with Gasteiger partial charge in [0, 0.05) is 19.3 Å². The van der Waals surface area contributed by atoms with Crippen LogP contribution in [-0.4, -0.2) is 37.2 Å². The number of hydrogen-bond acceptors (Lipinski definition) is 6. The molecule has 0 N–H and O–H groups in total. The van der Waals surface area contributed by atoms with E-state index < -0.39 is 6.10 Å². The number of carbonyl (C=O) groups is 3. The van der Waals surface area contributed by atoms with Crippen molar-refractivity contribution in [2.75, 3.05) is 13.2 Å². The van der Waals surface area contributed by atoms with Crippen molar-refractivity contribution < 1.29 is 28.6 Å². The normalized spacial score (nSPS) is 12.3. The molecule has 1 unspecified atom stereocenters. The summed E-state index contributed by atoms with van der Waals surface area (Å²) in [6.45, 7) is 6.67. The molecule has 0 aromatic rings. The van der Waals surface area contributed by atoms with Crippen molar-refractivity contribution in [1.82, 2.24) is 0 Å². The first-order valence-corrected chi connectivity index (χ1v) is 36.1. The summed E-state index contributed by atoms with van der Waals surface area (Å²) in [5, 5.41) is 0. The molecule has 0 bridgehead atoms. The van der Waals surface area contributed by atoms with E-state index in [2.05, 4.69) is 69.4 Å². The molecule has 474 valence electrons. The molecule has 0 amide bonds. The van der Waals surface area contributed by atoms with Gasteiger partial charge >= 0.3 is 17.9 Å².